The van der Waals surface area contributed by atoms with E-state index in [1.807, 2.05) is 0 Å². The van der Waals surface area contributed by atoms with Crippen molar-refractivity contribution in [3.8, 4) is 0 Å². The number of hydrogen-bond donors (Lipinski definition) is 2. The number of alkyl halides is 3. The van der Waals surface area contributed by atoms with Crippen LogP contribution < -0.4 is 5.32 Å². The molecule has 1 heterocycles. The van der Waals surface area contributed by atoms with Gasteiger partial charge in [-0.15, -0.1) is 0 Å². The maximum absolute atomic E-state index is 13.0. The zero-order chi connectivity index (χ0) is 14.3. The van der Waals surface area contributed by atoms with Crippen molar-refractivity contribution in [1.29, 1.82) is 0 Å². The third-order valence-electron chi connectivity index (χ3n) is 3.12. The van der Waals surface area contributed by atoms with Gasteiger partial charge in [-0.05, 0) is 24.1 Å². The van der Waals surface area contributed by atoms with Crippen molar-refractivity contribution in [2.45, 2.75) is 18.2 Å². The summed E-state index contributed by atoms with van der Waals surface area (Å²) in [7, 11) is 0.800. The Labute approximate surface area is 107 Å². The molecule has 1 aromatic carbocycles. The lowest BCUT2D eigenvalue weighted by Crippen LogP contribution is -2.49. The Morgan fingerprint density at radius 1 is 1.42 bits per heavy atom. The quantitative estimate of drug-likeness (QED) is 0.804. The van der Waals surface area contributed by atoms with Gasteiger partial charge in [0.1, 0.15) is 0 Å². The molecule has 0 fully saturated rings. The standard InChI is InChI=1S/C12H12F3NO3/c1-19-10(17)11(18,12(13,14)15)8-2-3-9-7(6-8)4-5-16-9/h2-3,6,16,18H,4-5H2,1H3. The normalized spacial score (nSPS) is 17.3. The smallest absolute Gasteiger partial charge is 0.432 e. The highest BCUT2D eigenvalue weighted by atomic mass is 19.4. The molecule has 0 saturated carbocycles. The zero-order valence-electron chi connectivity index (χ0n) is 10.0. The Kier molecular flexibility index (Phi) is 3.17. The van der Waals surface area contributed by atoms with Crippen LogP contribution in [0.1, 0.15) is 11.1 Å². The lowest BCUT2D eigenvalue weighted by molar-refractivity contribution is -0.266. The third-order valence-corrected chi connectivity index (χ3v) is 3.12. The van der Waals surface area contributed by atoms with Gasteiger partial charge >= 0.3 is 12.1 Å². The van der Waals surface area contributed by atoms with E-state index in [1.54, 1.807) is 0 Å². The van der Waals surface area contributed by atoms with Crippen molar-refractivity contribution < 1.29 is 27.8 Å². The Hall–Kier alpha value is -1.76. The first-order chi connectivity index (χ1) is 8.80. The minimum atomic E-state index is -5.15. The summed E-state index contributed by atoms with van der Waals surface area (Å²) in [6.45, 7) is 0.613. The molecule has 0 amide bonds. The number of ether oxygens (including phenoxy) is 1. The van der Waals surface area contributed by atoms with Gasteiger partial charge in [-0.25, -0.2) is 4.79 Å². The van der Waals surface area contributed by atoms with Gasteiger partial charge in [0.2, 0.25) is 0 Å². The molecule has 7 heteroatoms. The van der Waals surface area contributed by atoms with Gasteiger partial charge in [0.15, 0.2) is 0 Å². The van der Waals surface area contributed by atoms with Crippen molar-refractivity contribution in [3.05, 3.63) is 29.3 Å². The van der Waals surface area contributed by atoms with Crippen molar-refractivity contribution in [1.82, 2.24) is 0 Å². The molecule has 0 spiro atoms. The van der Waals surface area contributed by atoms with E-state index >= 15 is 0 Å². The molecule has 2 rings (SSSR count). The number of anilines is 1. The fraction of sp³-hybridized carbons (Fsp3) is 0.417. The average Bonchev–Trinajstić information content (AvgIpc) is 2.82. The van der Waals surface area contributed by atoms with E-state index in [1.165, 1.54) is 12.1 Å². The Morgan fingerprint density at radius 3 is 2.68 bits per heavy atom. The molecule has 1 aromatic rings. The summed E-state index contributed by atoms with van der Waals surface area (Å²) in [5.74, 6) is -1.74. The zero-order valence-corrected chi connectivity index (χ0v) is 10.0. The summed E-state index contributed by atoms with van der Waals surface area (Å²) in [5, 5.41) is 12.8. The number of hydrogen-bond acceptors (Lipinski definition) is 4. The fourth-order valence-electron chi connectivity index (χ4n) is 2.07. The molecule has 1 atom stereocenters. The summed E-state index contributed by atoms with van der Waals surface area (Å²) in [6, 6.07) is 3.67. The first-order valence-corrected chi connectivity index (χ1v) is 5.55. The van der Waals surface area contributed by atoms with E-state index < -0.39 is 23.3 Å². The number of nitrogens with one attached hydrogen (secondary N) is 1. The maximum Gasteiger partial charge on any atom is 0.432 e. The molecular formula is C12H12F3NO3. The fourth-order valence-corrected chi connectivity index (χ4v) is 2.07. The first-order valence-electron chi connectivity index (χ1n) is 5.55. The molecule has 1 aliphatic heterocycles. The Bertz CT molecular complexity index is 515. The van der Waals surface area contributed by atoms with Gasteiger partial charge in [-0.2, -0.15) is 13.2 Å². The second-order valence-electron chi connectivity index (χ2n) is 4.25. The molecule has 0 bridgehead atoms. The maximum atomic E-state index is 13.0. The summed E-state index contributed by atoms with van der Waals surface area (Å²) in [4.78, 5) is 11.4. The molecule has 19 heavy (non-hydrogen) atoms. The highest BCUT2D eigenvalue weighted by Crippen LogP contribution is 2.41. The number of carbonyl (C=O) groups is 1. The molecule has 2 N–H and O–H groups in total. The number of fused-ring (bicyclic) bond motifs is 1. The topological polar surface area (TPSA) is 58.6 Å². The Morgan fingerprint density at radius 2 is 2.11 bits per heavy atom. The number of esters is 1. The van der Waals surface area contributed by atoms with E-state index in [-0.39, 0.29) is 0 Å². The van der Waals surface area contributed by atoms with Crippen LogP contribution in [0, 0.1) is 0 Å². The second-order valence-corrected chi connectivity index (χ2v) is 4.25. The minimum Gasteiger partial charge on any atom is -0.466 e. The van der Waals surface area contributed by atoms with Crippen molar-refractivity contribution in [2.75, 3.05) is 19.0 Å². The lowest BCUT2D eigenvalue weighted by Gasteiger charge is -2.28. The van der Waals surface area contributed by atoms with Crippen LogP contribution in [-0.2, 0) is 21.6 Å². The van der Waals surface area contributed by atoms with E-state index in [2.05, 4.69) is 10.1 Å². The van der Waals surface area contributed by atoms with Gasteiger partial charge in [0.25, 0.3) is 5.60 Å². The molecule has 104 valence electrons. The monoisotopic (exact) mass is 275 g/mol. The summed E-state index contributed by atoms with van der Waals surface area (Å²) < 4.78 is 43.1. The molecule has 0 radical (unpaired) electrons. The number of aliphatic hydroxyl groups is 1. The van der Waals surface area contributed by atoms with E-state index in [4.69, 9.17) is 0 Å². The summed E-state index contributed by atoms with van der Waals surface area (Å²) in [5.41, 5.74) is -2.84. The molecule has 0 saturated heterocycles. The molecule has 1 aliphatic rings. The van der Waals surface area contributed by atoms with E-state index in [0.29, 0.717) is 24.2 Å². The minimum absolute atomic E-state index is 0.533. The number of carbonyl (C=O) groups excluding carboxylic acids is 1. The number of benzene rings is 1. The predicted octanol–water partition coefficient (Wildman–Crippen LogP) is 1.58. The highest BCUT2D eigenvalue weighted by molar-refractivity contribution is 5.82. The van der Waals surface area contributed by atoms with Crippen molar-refractivity contribution >= 4 is 11.7 Å². The largest absolute Gasteiger partial charge is 0.466 e. The van der Waals surface area contributed by atoms with Crippen LogP contribution in [0.25, 0.3) is 0 Å². The molecule has 0 aromatic heterocycles. The summed E-state index contributed by atoms with van der Waals surface area (Å²) in [6.07, 6.45) is -4.61. The van der Waals surface area contributed by atoms with Crippen molar-refractivity contribution in [3.63, 3.8) is 0 Å². The van der Waals surface area contributed by atoms with Gasteiger partial charge in [-0.3, -0.25) is 0 Å². The van der Waals surface area contributed by atoms with Gasteiger partial charge in [0, 0.05) is 17.8 Å². The van der Waals surface area contributed by atoms with Crippen LogP contribution in [0.15, 0.2) is 18.2 Å². The van der Waals surface area contributed by atoms with Gasteiger partial charge < -0.3 is 15.2 Å². The predicted molar refractivity (Wildman–Crippen MR) is 60.6 cm³/mol. The third kappa shape index (κ3) is 2.03. The highest BCUT2D eigenvalue weighted by Gasteiger charge is 2.62. The molecule has 4 nitrogen and oxygen atoms in total. The number of methoxy groups -OCH3 is 1. The number of halogens is 3. The van der Waals surface area contributed by atoms with Crippen LogP contribution in [0.3, 0.4) is 0 Å². The first kappa shape index (κ1) is 13.7. The Balaban J connectivity index is 2.53. The van der Waals surface area contributed by atoms with Crippen LogP contribution in [-0.4, -0.2) is 30.9 Å². The van der Waals surface area contributed by atoms with E-state index in [9.17, 15) is 23.1 Å². The lowest BCUT2D eigenvalue weighted by atomic mass is 9.91. The summed E-state index contributed by atoms with van der Waals surface area (Å²) >= 11 is 0. The average molecular weight is 275 g/mol. The second kappa shape index (κ2) is 4.41. The van der Waals surface area contributed by atoms with Crippen LogP contribution in [0.4, 0.5) is 18.9 Å². The number of rotatable bonds is 2. The van der Waals surface area contributed by atoms with Crippen LogP contribution in [0.2, 0.25) is 0 Å². The molecule has 1 unspecified atom stereocenters. The van der Waals surface area contributed by atoms with Crippen LogP contribution >= 0.6 is 0 Å². The van der Waals surface area contributed by atoms with E-state index in [0.717, 1.165) is 13.2 Å². The molecule has 0 aliphatic carbocycles. The van der Waals surface area contributed by atoms with Gasteiger partial charge in [0.05, 0.1) is 7.11 Å². The SMILES string of the molecule is COC(=O)C(O)(c1ccc2c(c1)CCN2)C(F)(F)F. The van der Waals surface area contributed by atoms with Gasteiger partial charge in [-0.1, -0.05) is 6.07 Å². The molecular weight excluding hydrogens is 263 g/mol. The van der Waals surface area contributed by atoms with Crippen molar-refractivity contribution in [2.24, 2.45) is 0 Å². The van der Waals surface area contributed by atoms with Crippen LogP contribution in [0.5, 0.6) is 0 Å².